The molecular formula is C12H24N2O. The van der Waals surface area contributed by atoms with Crippen molar-refractivity contribution in [2.24, 2.45) is 11.8 Å². The second-order valence-corrected chi connectivity index (χ2v) is 5.21. The van der Waals surface area contributed by atoms with Crippen LogP contribution in [0.4, 0.5) is 0 Å². The van der Waals surface area contributed by atoms with Crippen LogP contribution in [-0.2, 0) is 4.74 Å². The monoisotopic (exact) mass is 212 g/mol. The fourth-order valence-corrected chi connectivity index (χ4v) is 2.57. The quantitative estimate of drug-likeness (QED) is 0.734. The van der Waals surface area contributed by atoms with Gasteiger partial charge in [0.25, 0.3) is 0 Å². The molecule has 1 aliphatic heterocycles. The number of hydrogen-bond donors (Lipinski definition) is 1. The predicted octanol–water partition coefficient (Wildman–Crippen LogP) is 0.951. The van der Waals surface area contributed by atoms with E-state index in [0.29, 0.717) is 12.0 Å². The van der Waals surface area contributed by atoms with Crippen molar-refractivity contribution >= 4 is 0 Å². The van der Waals surface area contributed by atoms with Crippen LogP contribution in [0.5, 0.6) is 0 Å². The minimum Gasteiger partial charge on any atom is -0.379 e. The molecule has 1 aliphatic carbocycles. The Morgan fingerprint density at radius 2 is 2.13 bits per heavy atom. The third-order valence-corrected chi connectivity index (χ3v) is 4.09. The summed E-state index contributed by atoms with van der Waals surface area (Å²) in [6.45, 7) is 5.34. The van der Waals surface area contributed by atoms with Gasteiger partial charge in [-0.1, -0.05) is 0 Å². The molecule has 3 nitrogen and oxygen atoms in total. The molecule has 1 saturated heterocycles. The van der Waals surface area contributed by atoms with E-state index in [4.69, 9.17) is 4.74 Å². The fourth-order valence-electron chi connectivity index (χ4n) is 2.57. The molecular weight excluding hydrogens is 188 g/mol. The topological polar surface area (TPSA) is 24.5 Å². The van der Waals surface area contributed by atoms with E-state index in [0.717, 1.165) is 25.2 Å². The van der Waals surface area contributed by atoms with Crippen LogP contribution in [0.25, 0.3) is 0 Å². The average Bonchev–Trinajstić information content (AvgIpc) is 2.99. The van der Waals surface area contributed by atoms with Crippen LogP contribution in [0.2, 0.25) is 0 Å². The Morgan fingerprint density at radius 1 is 1.40 bits per heavy atom. The molecule has 3 unspecified atom stereocenters. The molecule has 0 aromatic rings. The van der Waals surface area contributed by atoms with Crippen molar-refractivity contribution < 1.29 is 4.74 Å². The van der Waals surface area contributed by atoms with Gasteiger partial charge in [0.1, 0.15) is 0 Å². The summed E-state index contributed by atoms with van der Waals surface area (Å²) in [5.74, 6) is 1.63. The van der Waals surface area contributed by atoms with Crippen molar-refractivity contribution in [1.82, 2.24) is 10.2 Å². The van der Waals surface area contributed by atoms with E-state index in [1.165, 1.54) is 19.4 Å². The number of likely N-dealkylation sites (N-methyl/N-ethyl adjacent to an activating group) is 1. The Morgan fingerprint density at radius 3 is 2.73 bits per heavy atom. The zero-order chi connectivity index (χ0) is 10.8. The first-order chi connectivity index (χ1) is 7.22. The van der Waals surface area contributed by atoms with Crippen LogP contribution in [-0.4, -0.2) is 50.8 Å². The highest BCUT2D eigenvalue weighted by molar-refractivity contribution is 4.87. The first-order valence-electron chi connectivity index (χ1n) is 6.17. The van der Waals surface area contributed by atoms with Gasteiger partial charge in [-0.2, -0.15) is 0 Å². The van der Waals surface area contributed by atoms with E-state index in [-0.39, 0.29) is 0 Å². The standard InChI is InChI=1S/C12H24N2O/c1-9(10-4-5-10)14(3)6-11-7-15-8-12(11)13-2/h9-13H,4-8H2,1-3H3. The van der Waals surface area contributed by atoms with E-state index < -0.39 is 0 Å². The lowest BCUT2D eigenvalue weighted by molar-refractivity contribution is 0.158. The molecule has 0 aromatic carbocycles. The molecule has 2 aliphatic rings. The lowest BCUT2D eigenvalue weighted by Crippen LogP contribution is -2.42. The minimum absolute atomic E-state index is 0.554. The Kier molecular flexibility index (Phi) is 3.65. The second kappa shape index (κ2) is 4.81. The van der Waals surface area contributed by atoms with Gasteiger partial charge in [-0.15, -0.1) is 0 Å². The fraction of sp³-hybridized carbons (Fsp3) is 1.00. The summed E-state index contributed by atoms with van der Waals surface area (Å²) >= 11 is 0. The van der Waals surface area contributed by atoms with E-state index in [1.807, 2.05) is 7.05 Å². The number of hydrogen-bond acceptors (Lipinski definition) is 3. The molecule has 2 fully saturated rings. The van der Waals surface area contributed by atoms with Gasteiger partial charge in [0.15, 0.2) is 0 Å². The Bertz CT molecular complexity index is 206. The average molecular weight is 212 g/mol. The van der Waals surface area contributed by atoms with Gasteiger partial charge in [0.2, 0.25) is 0 Å². The van der Waals surface area contributed by atoms with Gasteiger partial charge in [0, 0.05) is 24.5 Å². The Balaban J connectivity index is 1.79. The Labute approximate surface area is 93.2 Å². The van der Waals surface area contributed by atoms with E-state index in [1.54, 1.807) is 0 Å². The number of nitrogens with zero attached hydrogens (tertiary/aromatic N) is 1. The smallest absolute Gasteiger partial charge is 0.0623 e. The summed E-state index contributed by atoms with van der Waals surface area (Å²) in [5, 5.41) is 3.35. The molecule has 3 atom stereocenters. The van der Waals surface area contributed by atoms with Gasteiger partial charge < -0.3 is 15.0 Å². The number of nitrogens with one attached hydrogen (secondary N) is 1. The van der Waals surface area contributed by atoms with Crippen molar-refractivity contribution in [3.05, 3.63) is 0 Å². The zero-order valence-corrected chi connectivity index (χ0v) is 10.2. The highest BCUT2D eigenvalue weighted by Crippen LogP contribution is 2.35. The van der Waals surface area contributed by atoms with Crippen LogP contribution in [0.1, 0.15) is 19.8 Å². The molecule has 15 heavy (non-hydrogen) atoms. The van der Waals surface area contributed by atoms with Crippen molar-refractivity contribution in [1.29, 1.82) is 0 Å². The van der Waals surface area contributed by atoms with Gasteiger partial charge in [-0.05, 0) is 39.8 Å². The SMILES string of the molecule is CNC1COCC1CN(C)C(C)C1CC1. The van der Waals surface area contributed by atoms with E-state index in [9.17, 15) is 0 Å². The second-order valence-electron chi connectivity index (χ2n) is 5.21. The van der Waals surface area contributed by atoms with Gasteiger partial charge in [-0.25, -0.2) is 0 Å². The van der Waals surface area contributed by atoms with Crippen LogP contribution >= 0.6 is 0 Å². The summed E-state index contributed by atoms with van der Waals surface area (Å²) in [7, 11) is 4.30. The first-order valence-corrected chi connectivity index (χ1v) is 6.17. The third kappa shape index (κ3) is 2.71. The van der Waals surface area contributed by atoms with Crippen LogP contribution in [0.3, 0.4) is 0 Å². The van der Waals surface area contributed by atoms with Gasteiger partial charge in [-0.3, -0.25) is 0 Å². The van der Waals surface area contributed by atoms with Gasteiger partial charge in [0.05, 0.1) is 13.2 Å². The summed E-state index contributed by atoms with van der Waals surface area (Å²) in [6, 6.07) is 1.31. The van der Waals surface area contributed by atoms with Gasteiger partial charge >= 0.3 is 0 Å². The number of ether oxygens (including phenoxy) is 1. The van der Waals surface area contributed by atoms with E-state index >= 15 is 0 Å². The summed E-state index contributed by atoms with van der Waals surface area (Å²) in [4.78, 5) is 2.52. The maximum Gasteiger partial charge on any atom is 0.0623 e. The van der Waals surface area contributed by atoms with Crippen LogP contribution < -0.4 is 5.32 Å². The lowest BCUT2D eigenvalue weighted by atomic mass is 10.0. The Hall–Kier alpha value is -0.120. The molecule has 0 bridgehead atoms. The maximum atomic E-state index is 5.53. The molecule has 88 valence electrons. The van der Waals surface area contributed by atoms with Crippen molar-refractivity contribution in [3.8, 4) is 0 Å². The number of rotatable bonds is 5. The molecule has 1 saturated carbocycles. The summed E-state index contributed by atoms with van der Waals surface area (Å²) in [6.07, 6.45) is 2.87. The first kappa shape index (κ1) is 11.4. The maximum absolute atomic E-state index is 5.53. The molecule has 0 radical (unpaired) electrons. The molecule has 0 aromatic heterocycles. The minimum atomic E-state index is 0.554. The summed E-state index contributed by atoms with van der Waals surface area (Å²) in [5.41, 5.74) is 0. The molecule has 1 heterocycles. The molecule has 3 heteroatoms. The zero-order valence-electron chi connectivity index (χ0n) is 10.2. The highest BCUT2D eigenvalue weighted by atomic mass is 16.5. The molecule has 1 N–H and O–H groups in total. The van der Waals surface area contributed by atoms with Crippen molar-refractivity contribution in [3.63, 3.8) is 0 Å². The molecule has 0 spiro atoms. The lowest BCUT2D eigenvalue weighted by Gasteiger charge is -2.29. The van der Waals surface area contributed by atoms with Crippen molar-refractivity contribution in [2.45, 2.75) is 31.8 Å². The van der Waals surface area contributed by atoms with Crippen LogP contribution in [0.15, 0.2) is 0 Å². The largest absolute Gasteiger partial charge is 0.379 e. The normalized spacial score (nSPS) is 33.6. The molecule has 0 amide bonds. The molecule has 2 rings (SSSR count). The van der Waals surface area contributed by atoms with Crippen molar-refractivity contribution in [2.75, 3.05) is 33.9 Å². The summed E-state index contributed by atoms with van der Waals surface area (Å²) < 4.78 is 5.53. The van der Waals surface area contributed by atoms with E-state index in [2.05, 4.69) is 24.2 Å². The predicted molar refractivity (Wildman–Crippen MR) is 62.0 cm³/mol. The highest BCUT2D eigenvalue weighted by Gasteiger charge is 2.33. The third-order valence-electron chi connectivity index (χ3n) is 4.09. The van der Waals surface area contributed by atoms with Crippen LogP contribution in [0, 0.1) is 11.8 Å².